The molecule has 0 aliphatic heterocycles. The van der Waals surface area contributed by atoms with Gasteiger partial charge in [-0.3, -0.25) is 15.9 Å². The fourth-order valence-electron chi connectivity index (χ4n) is 3.31. The van der Waals surface area contributed by atoms with Crippen molar-refractivity contribution < 1.29 is 14.7 Å². The highest BCUT2D eigenvalue weighted by molar-refractivity contribution is 5.97. The monoisotopic (exact) mass is 370 g/mol. The normalized spacial score (nSPS) is 10.9. The number of hydrogen-bond donors (Lipinski definition) is 2. The van der Waals surface area contributed by atoms with Gasteiger partial charge in [0.05, 0.1) is 11.8 Å². The number of benzene rings is 3. The van der Waals surface area contributed by atoms with Crippen molar-refractivity contribution in [3.8, 4) is 11.1 Å². The molecule has 28 heavy (non-hydrogen) atoms. The number of carbonyl (C=O) groups excluding carboxylic acids is 1. The first-order valence-electron chi connectivity index (χ1n) is 9.00. The van der Waals surface area contributed by atoms with Crippen LogP contribution in [0.5, 0.6) is 0 Å². The molecule has 0 radical (unpaired) electrons. The summed E-state index contributed by atoms with van der Waals surface area (Å²) in [5.41, 5.74) is 10.3. The standard InChI is InChI=1S/C23H19N3O2/c24-23(25)20-7-6-18-9-16(4-5-19(18)12-20)11-22(27)10-15-2-1-3-17(8-15)21-13-26-28-14-21/h1-9,12-14H,10-11H2,(H3,24,25)/p+1. The van der Waals surface area contributed by atoms with E-state index in [9.17, 15) is 4.79 Å². The van der Waals surface area contributed by atoms with E-state index in [2.05, 4.69) is 5.16 Å². The molecule has 5 heteroatoms. The summed E-state index contributed by atoms with van der Waals surface area (Å²) < 4.78 is 4.89. The van der Waals surface area contributed by atoms with Crippen molar-refractivity contribution in [2.24, 2.45) is 5.73 Å². The van der Waals surface area contributed by atoms with Crippen molar-refractivity contribution in [3.05, 3.63) is 89.8 Å². The first kappa shape index (κ1) is 17.7. The van der Waals surface area contributed by atoms with Gasteiger partial charge in [0, 0.05) is 18.4 Å². The molecule has 0 aliphatic rings. The second kappa shape index (κ2) is 7.48. The maximum Gasteiger partial charge on any atom is 0.270 e. The van der Waals surface area contributed by atoms with E-state index in [0.717, 1.165) is 38.6 Å². The fourth-order valence-corrected chi connectivity index (χ4v) is 3.31. The van der Waals surface area contributed by atoms with Crippen LogP contribution in [0.4, 0.5) is 0 Å². The summed E-state index contributed by atoms with van der Waals surface area (Å²) in [4.78, 5) is 12.6. The number of ketones is 1. The SMILES string of the molecule is NC(=[NH2+])c1ccc2cc(CC(=O)Cc3cccc(-c4cnoc4)c3)ccc2c1. The minimum absolute atomic E-state index is 0.165. The third-order valence-corrected chi connectivity index (χ3v) is 4.73. The molecule has 0 amide bonds. The van der Waals surface area contributed by atoms with E-state index in [-0.39, 0.29) is 5.78 Å². The molecule has 3 aromatic carbocycles. The van der Waals surface area contributed by atoms with E-state index in [0.29, 0.717) is 18.7 Å². The average molecular weight is 370 g/mol. The van der Waals surface area contributed by atoms with E-state index in [1.54, 1.807) is 12.5 Å². The van der Waals surface area contributed by atoms with Gasteiger partial charge in [0.2, 0.25) is 0 Å². The van der Waals surface area contributed by atoms with E-state index in [4.69, 9.17) is 15.7 Å². The molecule has 0 atom stereocenters. The Hall–Kier alpha value is -3.73. The zero-order chi connectivity index (χ0) is 19.5. The van der Waals surface area contributed by atoms with Gasteiger partial charge in [0.1, 0.15) is 12.0 Å². The van der Waals surface area contributed by atoms with Gasteiger partial charge >= 0.3 is 0 Å². The van der Waals surface area contributed by atoms with Crippen molar-refractivity contribution in [1.82, 2.24) is 5.16 Å². The molecule has 0 saturated heterocycles. The van der Waals surface area contributed by atoms with Crippen LogP contribution in [-0.4, -0.2) is 16.8 Å². The third-order valence-electron chi connectivity index (χ3n) is 4.73. The average Bonchev–Trinajstić information content (AvgIpc) is 3.22. The number of carbonyl (C=O) groups is 1. The highest BCUT2D eigenvalue weighted by Gasteiger charge is 2.09. The van der Waals surface area contributed by atoms with Crippen LogP contribution >= 0.6 is 0 Å². The lowest BCUT2D eigenvalue weighted by Crippen LogP contribution is -2.46. The zero-order valence-electron chi connectivity index (χ0n) is 15.3. The molecular weight excluding hydrogens is 350 g/mol. The Labute approximate surface area is 162 Å². The quantitative estimate of drug-likeness (QED) is 0.402. The molecule has 138 valence electrons. The van der Waals surface area contributed by atoms with Crippen LogP contribution in [0.1, 0.15) is 16.7 Å². The number of fused-ring (bicyclic) bond motifs is 1. The van der Waals surface area contributed by atoms with Gasteiger partial charge in [-0.2, -0.15) is 0 Å². The van der Waals surface area contributed by atoms with Crippen molar-refractivity contribution in [2.45, 2.75) is 12.8 Å². The number of nitrogens with two attached hydrogens (primary N) is 2. The van der Waals surface area contributed by atoms with E-state index in [1.807, 2.05) is 60.7 Å². The largest absolute Gasteiger partial charge is 0.364 e. The number of aromatic nitrogens is 1. The van der Waals surface area contributed by atoms with Crippen LogP contribution in [0.2, 0.25) is 0 Å². The summed E-state index contributed by atoms with van der Waals surface area (Å²) in [5.74, 6) is 0.465. The molecule has 5 nitrogen and oxygen atoms in total. The van der Waals surface area contributed by atoms with Gasteiger partial charge in [0.15, 0.2) is 0 Å². The topological polar surface area (TPSA) is 94.7 Å². The molecule has 0 bridgehead atoms. The molecule has 0 aliphatic carbocycles. The second-order valence-electron chi connectivity index (χ2n) is 6.86. The summed E-state index contributed by atoms with van der Waals surface area (Å²) >= 11 is 0. The van der Waals surface area contributed by atoms with Crippen LogP contribution < -0.4 is 11.1 Å². The summed E-state index contributed by atoms with van der Waals surface area (Å²) in [6.07, 6.45) is 4.03. The lowest BCUT2D eigenvalue weighted by Gasteiger charge is -2.06. The minimum atomic E-state index is 0.165. The maximum absolute atomic E-state index is 12.6. The van der Waals surface area contributed by atoms with Crippen LogP contribution in [0, 0.1) is 0 Å². The van der Waals surface area contributed by atoms with Crippen LogP contribution in [0.15, 0.2) is 77.6 Å². The summed E-state index contributed by atoms with van der Waals surface area (Å²) in [6, 6.07) is 19.7. The molecule has 1 heterocycles. The lowest BCUT2D eigenvalue weighted by atomic mass is 9.98. The molecule has 0 unspecified atom stereocenters. The summed E-state index contributed by atoms with van der Waals surface area (Å²) in [7, 11) is 0. The van der Waals surface area contributed by atoms with Crippen molar-refractivity contribution in [2.75, 3.05) is 0 Å². The third kappa shape index (κ3) is 3.83. The zero-order valence-corrected chi connectivity index (χ0v) is 15.3. The molecule has 0 spiro atoms. The highest BCUT2D eigenvalue weighted by Crippen LogP contribution is 2.21. The van der Waals surface area contributed by atoms with Crippen molar-refractivity contribution >= 4 is 22.4 Å². The number of rotatable bonds is 6. The minimum Gasteiger partial charge on any atom is -0.364 e. The van der Waals surface area contributed by atoms with Crippen molar-refractivity contribution in [3.63, 3.8) is 0 Å². The summed E-state index contributed by atoms with van der Waals surface area (Å²) in [6.45, 7) is 0. The van der Waals surface area contributed by atoms with Gasteiger partial charge in [0.25, 0.3) is 5.84 Å². The number of nitrogens with zero attached hydrogens (tertiary/aromatic N) is 1. The molecule has 4 aromatic rings. The molecular formula is C23H20N3O2+. The van der Waals surface area contributed by atoms with Gasteiger partial charge in [-0.15, -0.1) is 0 Å². The molecule has 0 fully saturated rings. The molecule has 1 aromatic heterocycles. The predicted octanol–water partition coefficient (Wildman–Crippen LogP) is 2.31. The Balaban J connectivity index is 1.48. The van der Waals surface area contributed by atoms with E-state index >= 15 is 0 Å². The Morgan fingerprint density at radius 2 is 1.68 bits per heavy atom. The molecule has 4 rings (SSSR count). The number of Topliss-reactive ketones (excluding diaryl/α,β-unsaturated/α-hetero) is 1. The van der Waals surface area contributed by atoms with Crippen LogP contribution in [-0.2, 0) is 17.6 Å². The van der Waals surface area contributed by atoms with E-state index in [1.165, 1.54) is 0 Å². The number of amidine groups is 1. The van der Waals surface area contributed by atoms with Crippen molar-refractivity contribution in [1.29, 1.82) is 0 Å². The Kier molecular flexibility index (Phi) is 4.72. The van der Waals surface area contributed by atoms with Crippen LogP contribution in [0.25, 0.3) is 21.9 Å². The highest BCUT2D eigenvalue weighted by atomic mass is 16.5. The summed E-state index contributed by atoms with van der Waals surface area (Å²) in [5, 5.41) is 11.5. The van der Waals surface area contributed by atoms with Crippen LogP contribution in [0.3, 0.4) is 0 Å². The van der Waals surface area contributed by atoms with Gasteiger partial charge in [-0.25, -0.2) is 0 Å². The smallest absolute Gasteiger partial charge is 0.270 e. The van der Waals surface area contributed by atoms with Gasteiger partial charge < -0.3 is 4.52 Å². The fraction of sp³-hybridized carbons (Fsp3) is 0.0870. The maximum atomic E-state index is 12.6. The Bertz CT molecular complexity index is 1160. The molecule has 4 N–H and O–H groups in total. The number of hydrogen-bond acceptors (Lipinski definition) is 3. The van der Waals surface area contributed by atoms with E-state index < -0.39 is 0 Å². The predicted molar refractivity (Wildman–Crippen MR) is 109 cm³/mol. The first-order chi connectivity index (χ1) is 13.6. The molecule has 0 saturated carbocycles. The van der Waals surface area contributed by atoms with Gasteiger partial charge in [-0.1, -0.05) is 53.7 Å². The first-order valence-corrected chi connectivity index (χ1v) is 9.00. The lowest BCUT2D eigenvalue weighted by molar-refractivity contribution is -0.118. The second-order valence-corrected chi connectivity index (χ2v) is 6.86. The Morgan fingerprint density at radius 1 is 0.929 bits per heavy atom. The Morgan fingerprint density at radius 3 is 2.43 bits per heavy atom. The van der Waals surface area contributed by atoms with Gasteiger partial charge in [-0.05, 0) is 39.6 Å².